The third-order valence-corrected chi connectivity index (χ3v) is 3.53. The minimum atomic E-state index is 0. The Morgan fingerprint density at radius 1 is 1.24 bits per heavy atom. The summed E-state index contributed by atoms with van der Waals surface area (Å²) in [7, 11) is 0. The van der Waals surface area contributed by atoms with Gasteiger partial charge in [0, 0.05) is 25.4 Å². The van der Waals surface area contributed by atoms with Crippen LogP contribution in [0.5, 0.6) is 0 Å². The van der Waals surface area contributed by atoms with Gasteiger partial charge >= 0.3 is 0 Å². The number of rotatable bonds is 8. The second-order valence-electron chi connectivity index (χ2n) is 5.93. The van der Waals surface area contributed by atoms with Crippen LogP contribution in [-0.4, -0.2) is 37.5 Å². The summed E-state index contributed by atoms with van der Waals surface area (Å²) in [6.45, 7) is 6.82. The minimum Gasteiger partial charge on any atom is -0.356 e. The lowest BCUT2D eigenvalue weighted by atomic mass is 9.96. The van der Waals surface area contributed by atoms with Crippen LogP contribution >= 0.6 is 12.4 Å². The minimum absolute atomic E-state index is 0. The standard InChI is InChI=1S/C15H29N3O2.ClH/c1-12(2)18-15(20)7-3-6-14(19)17-10-8-13-5-4-9-16-11-13;/h12-13,16H,3-11H2,1-2H3,(H,17,19)(H,18,20);1H. The average Bonchev–Trinajstić information content (AvgIpc) is 2.39. The van der Waals surface area contributed by atoms with E-state index >= 15 is 0 Å². The normalized spacial score (nSPS) is 18.0. The zero-order chi connectivity index (χ0) is 14.8. The van der Waals surface area contributed by atoms with Crippen LogP contribution in [0.3, 0.4) is 0 Å². The van der Waals surface area contributed by atoms with Crippen molar-refractivity contribution in [1.82, 2.24) is 16.0 Å². The summed E-state index contributed by atoms with van der Waals surface area (Å²) >= 11 is 0. The van der Waals surface area contributed by atoms with Crippen LogP contribution in [0.25, 0.3) is 0 Å². The van der Waals surface area contributed by atoms with E-state index in [4.69, 9.17) is 0 Å². The topological polar surface area (TPSA) is 70.2 Å². The molecule has 1 fully saturated rings. The number of hydrogen-bond acceptors (Lipinski definition) is 3. The molecule has 1 unspecified atom stereocenters. The van der Waals surface area contributed by atoms with Crippen molar-refractivity contribution in [2.75, 3.05) is 19.6 Å². The molecule has 0 bridgehead atoms. The number of carbonyl (C=O) groups is 2. The van der Waals surface area contributed by atoms with Crippen molar-refractivity contribution in [1.29, 1.82) is 0 Å². The fourth-order valence-corrected chi connectivity index (χ4v) is 2.48. The second-order valence-corrected chi connectivity index (χ2v) is 5.93. The summed E-state index contributed by atoms with van der Waals surface area (Å²) in [5, 5.41) is 9.15. The van der Waals surface area contributed by atoms with Crippen molar-refractivity contribution < 1.29 is 9.59 Å². The van der Waals surface area contributed by atoms with Crippen molar-refractivity contribution in [3.05, 3.63) is 0 Å². The fraction of sp³-hybridized carbons (Fsp3) is 0.867. The summed E-state index contributed by atoms with van der Waals surface area (Å²) in [4.78, 5) is 23.0. The molecule has 0 saturated carbocycles. The molecule has 0 aromatic carbocycles. The monoisotopic (exact) mass is 319 g/mol. The highest BCUT2D eigenvalue weighted by atomic mass is 35.5. The van der Waals surface area contributed by atoms with Crippen LogP contribution < -0.4 is 16.0 Å². The number of carbonyl (C=O) groups excluding carboxylic acids is 2. The highest BCUT2D eigenvalue weighted by Gasteiger charge is 2.12. The van der Waals surface area contributed by atoms with E-state index in [-0.39, 0.29) is 30.3 Å². The molecule has 0 aromatic rings. The van der Waals surface area contributed by atoms with Crippen LogP contribution in [0, 0.1) is 5.92 Å². The average molecular weight is 320 g/mol. The Morgan fingerprint density at radius 3 is 2.57 bits per heavy atom. The van der Waals surface area contributed by atoms with Crippen molar-refractivity contribution in [2.24, 2.45) is 5.92 Å². The van der Waals surface area contributed by atoms with Crippen LogP contribution in [0.2, 0.25) is 0 Å². The third kappa shape index (κ3) is 10.5. The third-order valence-electron chi connectivity index (χ3n) is 3.53. The highest BCUT2D eigenvalue weighted by Crippen LogP contribution is 2.12. The molecule has 1 aliphatic rings. The van der Waals surface area contributed by atoms with Crippen molar-refractivity contribution in [3.8, 4) is 0 Å². The summed E-state index contributed by atoms with van der Waals surface area (Å²) in [5.74, 6) is 0.785. The van der Waals surface area contributed by atoms with E-state index in [2.05, 4.69) is 16.0 Å². The maximum atomic E-state index is 11.6. The molecule has 0 aromatic heterocycles. The van der Waals surface area contributed by atoms with E-state index in [1.165, 1.54) is 12.8 Å². The van der Waals surface area contributed by atoms with E-state index < -0.39 is 0 Å². The van der Waals surface area contributed by atoms with Gasteiger partial charge in [0.25, 0.3) is 0 Å². The quantitative estimate of drug-likeness (QED) is 0.636. The smallest absolute Gasteiger partial charge is 0.220 e. The molecule has 1 aliphatic heterocycles. The zero-order valence-corrected chi connectivity index (χ0v) is 14.1. The SMILES string of the molecule is CC(C)NC(=O)CCCC(=O)NCCC1CCCNC1.Cl. The molecule has 124 valence electrons. The molecule has 1 rings (SSSR count). The Bertz CT molecular complexity index is 305. The van der Waals surface area contributed by atoms with Crippen LogP contribution in [0.4, 0.5) is 0 Å². The van der Waals surface area contributed by atoms with Crippen LogP contribution in [-0.2, 0) is 9.59 Å². The first-order chi connectivity index (χ1) is 9.58. The molecule has 3 N–H and O–H groups in total. The molecule has 21 heavy (non-hydrogen) atoms. The van der Waals surface area contributed by atoms with Gasteiger partial charge in [-0.3, -0.25) is 9.59 Å². The maximum absolute atomic E-state index is 11.6. The van der Waals surface area contributed by atoms with E-state index in [0.717, 1.165) is 26.1 Å². The Hall–Kier alpha value is -0.810. The van der Waals surface area contributed by atoms with E-state index in [9.17, 15) is 9.59 Å². The molecule has 5 nitrogen and oxygen atoms in total. The predicted octanol–water partition coefficient (Wildman–Crippen LogP) is 1.61. The molecule has 1 atom stereocenters. The number of amides is 2. The van der Waals surface area contributed by atoms with E-state index in [1.807, 2.05) is 13.8 Å². The molecule has 1 saturated heterocycles. The van der Waals surface area contributed by atoms with E-state index in [0.29, 0.717) is 25.2 Å². The first-order valence-electron chi connectivity index (χ1n) is 7.84. The molecular weight excluding hydrogens is 290 g/mol. The van der Waals surface area contributed by atoms with Gasteiger partial charge in [0.15, 0.2) is 0 Å². The molecule has 1 heterocycles. The van der Waals surface area contributed by atoms with Gasteiger partial charge in [0.05, 0.1) is 0 Å². The van der Waals surface area contributed by atoms with Gasteiger partial charge < -0.3 is 16.0 Å². The molecule has 6 heteroatoms. The zero-order valence-electron chi connectivity index (χ0n) is 13.2. The lowest BCUT2D eigenvalue weighted by Crippen LogP contribution is -2.33. The fourth-order valence-electron chi connectivity index (χ4n) is 2.48. The number of hydrogen-bond donors (Lipinski definition) is 3. The molecule has 0 spiro atoms. The molecular formula is C15H30ClN3O2. The first kappa shape index (κ1) is 20.2. The summed E-state index contributed by atoms with van der Waals surface area (Å²) < 4.78 is 0. The highest BCUT2D eigenvalue weighted by molar-refractivity contribution is 5.85. The van der Waals surface area contributed by atoms with Gasteiger partial charge in [-0.05, 0) is 58.5 Å². The Balaban J connectivity index is 0.00000400. The Morgan fingerprint density at radius 2 is 1.95 bits per heavy atom. The number of nitrogens with one attached hydrogen (secondary N) is 3. The summed E-state index contributed by atoms with van der Waals surface area (Å²) in [6, 6.07) is 0.167. The largest absolute Gasteiger partial charge is 0.356 e. The molecule has 2 amide bonds. The maximum Gasteiger partial charge on any atom is 0.220 e. The summed E-state index contributed by atoms with van der Waals surface area (Å²) in [5.41, 5.74) is 0. The van der Waals surface area contributed by atoms with Gasteiger partial charge in [0.1, 0.15) is 0 Å². The predicted molar refractivity (Wildman–Crippen MR) is 87.6 cm³/mol. The second kappa shape index (κ2) is 11.8. The Kier molecular flexibility index (Phi) is 11.4. The van der Waals surface area contributed by atoms with Crippen molar-refractivity contribution in [3.63, 3.8) is 0 Å². The van der Waals surface area contributed by atoms with Gasteiger partial charge in [-0.2, -0.15) is 0 Å². The number of halogens is 1. The molecule has 0 radical (unpaired) electrons. The van der Waals surface area contributed by atoms with Crippen LogP contribution in [0.15, 0.2) is 0 Å². The number of piperidine rings is 1. The lowest BCUT2D eigenvalue weighted by Gasteiger charge is -2.22. The van der Waals surface area contributed by atoms with Crippen molar-refractivity contribution >= 4 is 24.2 Å². The lowest BCUT2D eigenvalue weighted by molar-refractivity contribution is -0.122. The van der Waals surface area contributed by atoms with Gasteiger partial charge in [-0.15, -0.1) is 12.4 Å². The van der Waals surface area contributed by atoms with Gasteiger partial charge in [-0.1, -0.05) is 0 Å². The van der Waals surface area contributed by atoms with Gasteiger partial charge in [0.2, 0.25) is 11.8 Å². The first-order valence-corrected chi connectivity index (χ1v) is 7.84. The van der Waals surface area contributed by atoms with E-state index in [1.54, 1.807) is 0 Å². The molecule has 0 aliphatic carbocycles. The van der Waals surface area contributed by atoms with Gasteiger partial charge in [-0.25, -0.2) is 0 Å². The van der Waals surface area contributed by atoms with Crippen LogP contribution in [0.1, 0.15) is 52.4 Å². The summed E-state index contributed by atoms with van der Waals surface area (Å²) in [6.07, 6.45) is 5.04. The van der Waals surface area contributed by atoms with Crippen molar-refractivity contribution in [2.45, 2.75) is 58.4 Å². The Labute approximate surface area is 134 Å².